The minimum atomic E-state index is -0.718. The number of rotatable bonds is 3. The molecule has 0 saturated heterocycles. The summed E-state index contributed by atoms with van der Waals surface area (Å²) in [5.41, 5.74) is 5.54. The number of aromatic nitrogens is 1. The Morgan fingerprint density at radius 3 is 2.38 bits per heavy atom. The molecule has 0 spiro atoms. The molecule has 3 N–H and O–H groups in total. The van der Waals surface area contributed by atoms with Crippen LogP contribution in [0.1, 0.15) is 36.6 Å². The van der Waals surface area contributed by atoms with Crippen LogP contribution in [0.3, 0.4) is 0 Å². The molecule has 0 fully saturated rings. The van der Waals surface area contributed by atoms with E-state index in [-0.39, 0.29) is 43.8 Å². The third-order valence-electron chi connectivity index (χ3n) is 4.52. The molecule has 1 aromatic heterocycles. The molecule has 144 valence electrons. The summed E-state index contributed by atoms with van der Waals surface area (Å²) in [6, 6.07) is 11.7. The van der Waals surface area contributed by atoms with Crippen molar-refractivity contribution < 1.29 is 14.4 Å². The van der Waals surface area contributed by atoms with Crippen molar-refractivity contribution in [2.45, 2.75) is 0 Å². The molecule has 7 nitrogen and oxygen atoms in total. The van der Waals surface area contributed by atoms with E-state index in [9.17, 15) is 19.2 Å². The van der Waals surface area contributed by atoms with Crippen LogP contribution in [0.4, 0.5) is 5.82 Å². The maximum Gasteiger partial charge on any atom is 0.262 e. The fourth-order valence-electron chi connectivity index (χ4n) is 3.20. The molecule has 9 heteroatoms. The number of hydrogen-bond acceptors (Lipinski definition) is 5. The molecule has 0 saturated carbocycles. The highest BCUT2D eigenvalue weighted by molar-refractivity contribution is 6.35. The van der Waals surface area contributed by atoms with Gasteiger partial charge in [-0.25, -0.2) is 0 Å². The quantitative estimate of drug-likeness (QED) is 0.492. The van der Waals surface area contributed by atoms with Crippen LogP contribution in [0.5, 0.6) is 0 Å². The van der Waals surface area contributed by atoms with Gasteiger partial charge < -0.3 is 5.73 Å². The van der Waals surface area contributed by atoms with Gasteiger partial charge in [-0.05, 0) is 30.3 Å². The van der Waals surface area contributed by atoms with Crippen LogP contribution < -0.4 is 16.6 Å². The SMILES string of the molecule is Nc1c2c(cc(=O)n1-c1ccc(Cl)cc1C(=O)c1ccccc1Cl)C(=O)NC2=O. The van der Waals surface area contributed by atoms with Gasteiger partial charge in [-0.15, -0.1) is 0 Å². The predicted molar refractivity (Wildman–Crippen MR) is 108 cm³/mol. The number of halogens is 2. The molecule has 3 aromatic rings. The van der Waals surface area contributed by atoms with E-state index in [0.717, 1.165) is 10.6 Å². The molecule has 2 aromatic carbocycles. The van der Waals surface area contributed by atoms with Gasteiger partial charge in [-0.2, -0.15) is 0 Å². The van der Waals surface area contributed by atoms with Crippen LogP contribution in [-0.2, 0) is 0 Å². The van der Waals surface area contributed by atoms with Gasteiger partial charge in [0.05, 0.1) is 21.8 Å². The summed E-state index contributed by atoms with van der Waals surface area (Å²) in [7, 11) is 0. The Morgan fingerprint density at radius 1 is 0.931 bits per heavy atom. The summed E-state index contributed by atoms with van der Waals surface area (Å²) in [5, 5.41) is 2.57. The van der Waals surface area contributed by atoms with Gasteiger partial charge in [0, 0.05) is 22.2 Å². The lowest BCUT2D eigenvalue weighted by Crippen LogP contribution is -2.25. The number of benzene rings is 2. The lowest BCUT2D eigenvalue weighted by molar-refractivity contribution is 0.0879. The van der Waals surface area contributed by atoms with Gasteiger partial charge in [-0.3, -0.25) is 29.1 Å². The first-order chi connectivity index (χ1) is 13.8. The molecule has 0 unspecified atom stereocenters. The summed E-state index contributed by atoms with van der Waals surface area (Å²) in [5.74, 6) is -2.17. The third kappa shape index (κ3) is 3.00. The minimum absolute atomic E-state index is 0.0593. The highest BCUT2D eigenvalue weighted by Crippen LogP contribution is 2.28. The molecule has 2 amide bonds. The van der Waals surface area contributed by atoms with E-state index in [1.807, 2.05) is 0 Å². The van der Waals surface area contributed by atoms with E-state index in [0.29, 0.717) is 0 Å². The number of fused-ring (bicyclic) bond motifs is 1. The zero-order chi connectivity index (χ0) is 20.9. The lowest BCUT2D eigenvalue weighted by Gasteiger charge is -2.16. The van der Waals surface area contributed by atoms with Crippen molar-refractivity contribution in [3.63, 3.8) is 0 Å². The fraction of sp³-hybridized carbons (Fsp3) is 0. The molecule has 1 aliphatic rings. The topological polar surface area (TPSA) is 111 Å². The highest BCUT2D eigenvalue weighted by atomic mass is 35.5. The maximum atomic E-state index is 13.2. The molecular formula is C20H11Cl2N3O4. The molecule has 29 heavy (non-hydrogen) atoms. The molecule has 0 bridgehead atoms. The van der Waals surface area contributed by atoms with E-state index < -0.39 is 23.2 Å². The standard InChI is InChI=1S/C20H11Cl2N3O4/c21-9-5-6-14(11(7-9)17(27)10-3-1-2-4-13(10)22)25-15(26)8-12-16(18(25)23)20(29)24-19(12)28/h1-8H,23H2,(H,24,28,29). The number of amides is 2. The van der Waals surface area contributed by atoms with Gasteiger partial charge in [0.15, 0.2) is 5.78 Å². The number of nitrogen functional groups attached to an aromatic ring is 1. The number of carbonyl (C=O) groups is 3. The van der Waals surface area contributed by atoms with Gasteiger partial charge in [0.1, 0.15) is 5.82 Å². The second-order valence-corrected chi connectivity index (χ2v) is 7.09. The average Bonchev–Trinajstić information content (AvgIpc) is 2.96. The summed E-state index contributed by atoms with van der Waals surface area (Å²) in [4.78, 5) is 49.8. The zero-order valence-corrected chi connectivity index (χ0v) is 16.0. The van der Waals surface area contributed by atoms with Crippen LogP contribution in [0.2, 0.25) is 10.0 Å². The Balaban J connectivity index is 2.00. The third-order valence-corrected chi connectivity index (χ3v) is 5.08. The van der Waals surface area contributed by atoms with E-state index in [1.165, 1.54) is 24.3 Å². The summed E-state index contributed by atoms with van der Waals surface area (Å²) < 4.78 is 0.997. The van der Waals surface area contributed by atoms with Crippen molar-refractivity contribution in [2.24, 2.45) is 0 Å². The number of ketones is 1. The summed E-state index contributed by atoms with van der Waals surface area (Å²) >= 11 is 12.2. The minimum Gasteiger partial charge on any atom is -0.384 e. The van der Waals surface area contributed by atoms with Crippen LogP contribution in [0, 0.1) is 0 Å². The zero-order valence-electron chi connectivity index (χ0n) is 14.5. The molecule has 0 radical (unpaired) electrons. The van der Waals surface area contributed by atoms with Crippen molar-refractivity contribution >= 4 is 46.6 Å². The molecule has 0 atom stereocenters. The van der Waals surface area contributed by atoms with Crippen LogP contribution in [0.25, 0.3) is 5.69 Å². The predicted octanol–water partition coefficient (Wildman–Crippen LogP) is 2.84. The van der Waals surface area contributed by atoms with Crippen LogP contribution in [-0.4, -0.2) is 22.2 Å². The molecule has 4 rings (SSSR count). The van der Waals surface area contributed by atoms with Crippen molar-refractivity contribution in [2.75, 3.05) is 5.73 Å². The van der Waals surface area contributed by atoms with Crippen molar-refractivity contribution in [3.05, 3.63) is 91.2 Å². The Kier molecular flexibility index (Phi) is 4.49. The first-order valence-electron chi connectivity index (χ1n) is 8.30. The second-order valence-electron chi connectivity index (χ2n) is 6.25. The Labute approximate surface area is 173 Å². The Bertz CT molecular complexity index is 1300. The number of nitrogens with zero attached hydrogens (tertiary/aromatic N) is 1. The van der Waals surface area contributed by atoms with Gasteiger partial charge in [0.2, 0.25) is 0 Å². The molecular weight excluding hydrogens is 417 g/mol. The van der Waals surface area contributed by atoms with E-state index in [4.69, 9.17) is 28.9 Å². The molecule has 0 aliphatic carbocycles. The smallest absolute Gasteiger partial charge is 0.262 e. The number of nitrogens with one attached hydrogen (secondary N) is 1. The first kappa shape index (κ1) is 18.9. The second kappa shape index (κ2) is 6.88. The number of nitrogens with two attached hydrogens (primary N) is 1. The largest absolute Gasteiger partial charge is 0.384 e. The van der Waals surface area contributed by atoms with Gasteiger partial charge in [-0.1, -0.05) is 35.3 Å². The monoisotopic (exact) mass is 427 g/mol. The summed E-state index contributed by atoms with van der Waals surface area (Å²) in [6.45, 7) is 0. The lowest BCUT2D eigenvalue weighted by atomic mass is 10.0. The highest BCUT2D eigenvalue weighted by Gasteiger charge is 2.32. The van der Waals surface area contributed by atoms with E-state index in [1.54, 1.807) is 18.2 Å². The molecule has 1 aliphatic heterocycles. The fourth-order valence-corrected chi connectivity index (χ4v) is 3.60. The van der Waals surface area contributed by atoms with Gasteiger partial charge >= 0.3 is 0 Å². The number of hydrogen-bond donors (Lipinski definition) is 2. The van der Waals surface area contributed by atoms with Crippen molar-refractivity contribution in [1.29, 1.82) is 0 Å². The number of anilines is 1. The Morgan fingerprint density at radius 2 is 1.66 bits per heavy atom. The van der Waals surface area contributed by atoms with E-state index >= 15 is 0 Å². The number of carbonyl (C=O) groups excluding carboxylic acids is 3. The normalized spacial score (nSPS) is 12.6. The molecule has 2 heterocycles. The average molecular weight is 428 g/mol. The van der Waals surface area contributed by atoms with Crippen molar-refractivity contribution in [1.82, 2.24) is 9.88 Å². The van der Waals surface area contributed by atoms with E-state index in [2.05, 4.69) is 5.32 Å². The number of imide groups is 1. The maximum absolute atomic E-state index is 13.2. The van der Waals surface area contributed by atoms with Crippen molar-refractivity contribution in [3.8, 4) is 5.69 Å². The summed E-state index contributed by atoms with van der Waals surface area (Å²) in [6.07, 6.45) is 0. The number of pyridine rings is 1. The van der Waals surface area contributed by atoms with Crippen LogP contribution >= 0.6 is 23.2 Å². The first-order valence-corrected chi connectivity index (χ1v) is 9.05. The van der Waals surface area contributed by atoms with Crippen LogP contribution in [0.15, 0.2) is 53.3 Å². The Hall–Kier alpha value is -3.42. The van der Waals surface area contributed by atoms with Gasteiger partial charge in [0.25, 0.3) is 17.4 Å².